The molecule has 2 N–H and O–H groups in total. The third kappa shape index (κ3) is 2.94. The summed E-state index contributed by atoms with van der Waals surface area (Å²) in [6, 6.07) is 0. The Bertz CT molecular complexity index is 395. The van der Waals surface area contributed by atoms with Gasteiger partial charge in [-0.05, 0) is 15.9 Å². The highest BCUT2D eigenvalue weighted by atomic mass is 79.9. The monoisotopic (exact) mass is 306 g/mol. The highest BCUT2D eigenvalue weighted by molar-refractivity contribution is 9.10. The summed E-state index contributed by atoms with van der Waals surface area (Å²) in [5.74, 6) is -0.908. The van der Waals surface area contributed by atoms with Crippen molar-refractivity contribution in [1.29, 1.82) is 0 Å². The van der Waals surface area contributed by atoms with Gasteiger partial charge in [-0.15, -0.1) is 13.2 Å². The molecule has 0 radical (unpaired) electrons. The van der Waals surface area contributed by atoms with Crippen LogP contribution in [0.25, 0.3) is 0 Å². The predicted molar refractivity (Wildman–Crippen MR) is 48.0 cm³/mol. The Morgan fingerprint density at radius 2 is 1.94 bits per heavy atom. The quantitative estimate of drug-likeness (QED) is 0.853. The lowest BCUT2D eigenvalue weighted by Crippen LogP contribution is -2.18. The minimum Gasteiger partial charge on any atom is -0.397 e. The van der Waals surface area contributed by atoms with E-state index in [1.807, 2.05) is 0 Å². The van der Waals surface area contributed by atoms with Crippen LogP contribution in [0.2, 0.25) is 0 Å². The zero-order valence-electron chi connectivity index (χ0n) is 7.36. The molecule has 0 fully saturated rings. The molecule has 1 aromatic rings. The molecule has 0 spiro atoms. The van der Waals surface area contributed by atoms with Crippen LogP contribution in [0.1, 0.15) is 12.0 Å². The number of rotatable bonds is 2. The van der Waals surface area contributed by atoms with Crippen LogP contribution in [0.5, 0.6) is 5.88 Å². The van der Waals surface area contributed by atoms with E-state index in [1.165, 1.54) is 0 Å². The number of alkyl halides is 5. The maximum atomic E-state index is 12.3. The Labute approximate surface area is 94.5 Å². The summed E-state index contributed by atoms with van der Waals surface area (Å²) in [6.45, 7) is 0. The third-order valence-electron chi connectivity index (χ3n) is 1.50. The first kappa shape index (κ1) is 12.9. The van der Waals surface area contributed by atoms with Crippen LogP contribution >= 0.6 is 15.9 Å². The van der Waals surface area contributed by atoms with Gasteiger partial charge in [0.25, 0.3) is 6.43 Å². The first-order chi connectivity index (χ1) is 7.22. The maximum Gasteiger partial charge on any atom is 0.574 e. The average molecular weight is 307 g/mol. The molecule has 0 aromatic carbocycles. The number of hydrogen-bond acceptors (Lipinski definition) is 3. The Balaban J connectivity index is 3.12. The van der Waals surface area contributed by atoms with Gasteiger partial charge in [-0.25, -0.2) is 13.8 Å². The number of ether oxygens (including phenoxy) is 1. The van der Waals surface area contributed by atoms with Crippen LogP contribution in [0.4, 0.5) is 27.6 Å². The molecule has 0 aliphatic rings. The first-order valence-electron chi connectivity index (χ1n) is 3.70. The van der Waals surface area contributed by atoms with Crippen LogP contribution in [0.3, 0.4) is 0 Å². The SMILES string of the molecule is Nc1c(C(F)F)cnc(OC(F)(F)F)c1Br. The van der Waals surface area contributed by atoms with Crippen LogP contribution in [0.15, 0.2) is 10.7 Å². The van der Waals surface area contributed by atoms with Crippen LogP contribution < -0.4 is 10.5 Å². The number of nitrogen functional groups attached to an aromatic ring is 1. The molecule has 0 unspecified atom stereocenters. The fourth-order valence-electron chi connectivity index (χ4n) is 0.851. The molecule has 0 aliphatic heterocycles. The van der Waals surface area contributed by atoms with Crippen molar-refractivity contribution in [2.75, 3.05) is 5.73 Å². The lowest BCUT2D eigenvalue weighted by Gasteiger charge is -2.12. The summed E-state index contributed by atoms with van der Waals surface area (Å²) in [5.41, 5.74) is 3.99. The maximum absolute atomic E-state index is 12.3. The number of pyridine rings is 1. The third-order valence-corrected chi connectivity index (χ3v) is 2.27. The molecular weight excluding hydrogens is 303 g/mol. The van der Waals surface area contributed by atoms with Crippen molar-refractivity contribution in [3.63, 3.8) is 0 Å². The van der Waals surface area contributed by atoms with E-state index in [9.17, 15) is 22.0 Å². The van der Waals surface area contributed by atoms with Gasteiger partial charge in [0.05, 0.1) is 11.3 Å². The van der Waals surface area contributed by atoms with Gasteiger partial charge in [0, 0.05) is 6.20 Å². The van der Waals surface area contributed by atoms with E-state index in [-0.39, 0.29) is 0 Å². The molecular formula is C7H4BrF5N2O. The standard InChI is InChI=1S/C7H4BrF5N2O/c8-3-4(14)2(5(9)10)1-15-6(3)16-7(11,12)13/h1,5H,(H2,14,15). The number of nitrogens with two attached hydrogens (primary N) is 1. The molecule has 16 heavy (non-hydrogen) atoms. The van der Waals surface area contributed by atoms with Gasteiger partial charge >= 0.3 is 6.36 Å². The van der Waals surface area contributed by atoms with Crippen LogP contribution in [0, 0.1) is 0 Å². The molecule has 0 amide bonds. The minimum atomic E-state index is -4.96. The molecule has 0 saturated heterocycles. The fraction of sp³-hybridized carbons (Fsp3) is 0.286. The first-order valence-corrected chi connectivity index (χ1v) is 4.49. The summed E-state index contributed by atoms with van der Waals surface area (Å²) in [5, 5.41) is 0. The molecule has 90 valence electrons. The van der Waals surface area contributed by atoms with Crippen molar-refractivity contribution >= 4 is 21.6 Å². The summed E-state index contributed by atoms with van der Waals surface area (Å²) in [4.78, 5) is 3.10. The van der Waals surface area contributed by atoms with Gasteiger partial charge in [0.1, 0.15) is 4.47 Å². The highest BCUT2D eigenvalue weighted by Crippen LogP contribution is 2.37. The van der Waals surface area contributed by atoms with Crippen molar-refractivity contribution in [2.24, 2.45) is 0 Å². The average Bonchev–Trinajstić information content (AvgIpc) is 2.10. The summed E-state index contributed by atoms with van der Waals surface area (Å²) >= 11 is 2.61. The van der Waals surface area contributed by atoms with E-state index >= 15 is 0 Å². The topological polar surface area (TPSA) is 48.1 Å². The summed E-state index contributed by atoms with van der Waals surface area (Å²) in [6.07, 6.45) is -7.36. The van der Waals surface area contributed by atoms with Gasteiger partial charge in [0.15, 0.2) is 0 Å². The molecule has 1 rings (SSSR count). The smallest absolute Gasteiger partial charge is 0.397 e. The van der Waals surface area contributed by atoms with Crippen molar-refractivity contribution in [3.8, 4) is 5.88 Å². The van der Waals surface area contributed by atoms with E-state index < -0.39 is 34.4 Å². The Morgan fingerprint density at radius 1 is 1.38 bits per heavy atom. The molecule has 0 bridgehead atoms. The number of anilines is 1. The molecule has 0 atom stereocenters. The van der Waals surface area contributed by atoms with Crippen molar-refractivity contribution in [1.82, 2.24) is 4.98 Å². The highest BCUT2D eigenvalue weighted by Gasteiger charge is 2.33. The normalized spacial score (nSPS) is 11.9. The molecule has 1 aromatic heterocycles. The van der Waals surface area contributed by atoms with Crippen molar-refractivity contribution in [3.05, 3.63) is 16.2 Å². The van der Waals surface area contributed by atoms with E-state index in [0.717, 1.165) is 0 Å². The number of aromatic nitrogens is 1. The number of nitrogens with zero attached hydrogens (tertiary/aromatic N) is 1. The molecule has 0 aliphatic carbocycles. The van der Waals surface area contributed by atoms with Crippen LogP contribution in [-0.4, -0.2) is 11.3 Å². The zero-order chi connectivity index (χ0) is 12.5. The van der Waals surface area contributed by atoms with E-state index in [2.05, 4.69) is 25.7 Å². The Hall–Kier alpha value is -1.12. The van der Waals surface area contributed by atoms with E-state index in [1.54, 1.807) is 0 Å². The Kier molecular flexibility index (Phi) is 3.56. The fourth-order valence-corrected chi connectivity index (χ4v) is 1.26. The molecule has 0 saturated carbocycles. The van der Waals surface area contributed by atoms with Gasteiger partial charge in [0.2, 0.25) is 5.88 Å². The van der Waals surface area contributed by atoms with Gasteiger partial charge < -0.3 is 10.5 Å². The van der Waals surface area contributed by atoms with E-state index in [0.29, 0.717) is 6.20 Å². The zero-order valence-corrected chi connectivity index (χ0v) is 8.94. The second-order valence-electron chi connectivity index (χ2n) is 2.59. The van der Waals surface area contributed by atoms with Crippen LogP contribution in [-0.2, 0) is 0 Å². The van der Waals surface area contributed by atoms with E-state index in [4.69, 9.17) is 5.73 Å². The van der Waals surface area contributed by atoms with Gasteiger partial charge in [-0.3, -0.25) is 0 Å². The lowest BCUT2D eigenvalue weighted by molar-refractivity contribution is -0.276. The van der Waals surface area contributed by atoms with Crippen molar-refractivity contribution in [2.45, 2.75) is 12.8 Å². The largest absolute Gasteiger partial charge is 0.574 e. The molecule has 9 heteroatoms. The van der Waals surface area contributed by atoms with Crippen molar-refractivity contribution < 1.29 is 26.7 Å². The summed E-state index contributed by atoms with van der Waals surface area (Å²) < 4.78 is 63.1. The lowest BCUT2D eigenvalue weighted by atomic mass is 10.2. The molecule has 3 nitrogen and oxygen atoms in total. The van der Waals surface area contributed by atoms with Gasteiger partial charge in [-0.2, -0.15) is 0 Å². The number of halogens is 6. The Morgan fingerprint density at radius 3 is 2.38 bits per heavy atom. The molecule has 1 heterocycles. The van der Waals surface area contributed by atoms with Gasteiger partial charge in [-0.1, -0.05) is 0 Å². The second kappa shape index (κ2) is 4.40. The predicted octanol–water partition coefficient (Wildman–Crippen LogP) is 3.26. The minimum absolute atomic E-state index is 0.456. The summed E-state index contributed by atoms with van der Waals surface area (Å²) in [7, 11) is 0. The number of hydrogen-bond donors (Lipinski definition) is 1. The second-order valence-corrected chi connectivity index (χ2v) is 3.39.